The monoisotopic (exact) mass is 193 g/mol. The summed E-state index contributed by atoms with van der Waals surface area (Å²) in [5, 5.41) is 9.09. The van der Waals surface area contributed by atoms with Crippen LogP contribution < -0.4 is 0 Å². The minimum absolute atomic E-state index is 0.163. The molecule has 0 saturated heterocycles. The molecule has 2 atom stereocenters. The molecular formula is C11H15NO2. The molecule has 1 saturated carbocycles. The van der Waals surface area contributed by atoms with E-state index in [0.29, 0.717) is 0 Å². The number of carboxylic acid groups (broad SMARTS) is 1. The molecule has 0 aliphatic heterocycles. The summed E-state index contributed by atoms with van der Waals surface area (Å²) in [6, 6.07) is 4.07. The van der Waals surface area contributed by atoms with Crippen LogP contribution in [0.2, 0.25) is 0 Å². The van der Waals surface area contributed by atoms with Crippen molar-refractivity contribution >= 4 is 5.97 Å². The molecule has 1 aromatic heterocycles. The summed E-state index contributed by atoms with van der Waals surface area (Å²) in [7, 11) is 0. The standard InChI is InChI=1S/C11H15NO2/c13-11(14)9-5-1-2-6-10(9)12-7-3-4-8-12/h3-4,7-10H,1-2,5-6H2,(H,13,14)/t9-,10-/m1/s1. The molecule has 0 unspecified atom stereocenters. The Balaban J connectivity index is 2.18. The zero-order chi connectivity index (χ0) is 9.97. The lowest BCUT2D eigenvalue weighted by molar-refractivity contribution is -0.144. The van der Waals surface area contributed by atoms with Crippen LogP contribution in [-0.4, -0.2) is 15.6 Å². The number of rotatable bonds is 2. The SMILES string of the molecule is O=C(O)[C@@H]1CCCC[C@H]1n1cccc1. The van der Waals surface area contributed by atoms with Crippen LogP contribution in [-0.2, 0) is 4.79 Å². The molecule has 2 rings (SSSR count). The van der Waals surface area contributed by atoms with Crippen molar-refractivity contribution in [2.75, 3.05) is 0 Å². The highest BCUT2D eigenvalue weighted by Crippen LogP contribution is 2.33. The zero-order valence-electron chi connectivity index (χ0n) is 8.10. The van der Waals surface area contributed by atoms with Gasteiger partial charge in [-0.25, -0.2) is 0 Å². The number of aromatic nitrogens is 1. The van der Waals surface area contributed by atoms with Gasteiger partial charge in [-0.3, -0.25) is 4.79 Å². The van der Waals surface area contributed by atoms with Crippen LogP contribution in [0.3, 0.4) is 0 Å². The van der Waals surface area contributed by atoms with Crippen molar-refractivity contribution in [3.05, 3.63) is 24.5 Å². The number of carbonyl (C=O) groups is 1. The largest absolute Gasteiger partial charge is 0.481 e. The number of aliphatic carboxylic acids is 1. The smallest absolute Gasteiger partial charge is 0.308 e. The predicted molar refractivity (Wildman–Crippen MR) is 53.1 cm³/mol. The molecule has 1 aliphatic carbocycles. The summed E-state index contributed by atoms with van der Waals surface area (Å²) >= 11 is 0. The second-order valence-electron chi connectivity index (χ2n) is 3.93. The van der Waals surface area contributed by atoms with E-state index in [1.807, 2.05) is 29.1 Å². The van der Waals surface area contributed by atoms with E-state index in [2.05, 4.69) is 0 Å². The van der Waals surface area contributed by atoms with Gasteiger partial charge in [0.1, 0.15) is 0 Å². The highest BCUT2D eigenvalue weighted by atomic mass is 16.4. The summed E-state index contributed by atoms with van der Waals surface area (Å²) in [5.41, 5.74) is 0. The van der Waals surface area contributed by atoms with E-state index >= 15 is 0 Å². The topological polar surface area (TPSA) is 42.2 Å². The lowest BCUT2D eigenvalue weighted by Crippen LogP contribution is -2.28. The second kappa shape index (κ2) is 3.86. The second-order valence-corrected chi connectivity index (χ2v) is 3.93. The van der Waals surface area contributed by atoms with Gasteiger partial charge in [-0.15, -0.1) is 0 Å². The fraction of sp³-hybridized carbons (Fsp3) is 0.545. The minimum atomic E-state index is -0.650. The van der Waals surface area contributed by atoms with Gasteiger partial charge < -0.3 is 9.67 Å². The van der Waals surface area contributed by atoms with Gasteiger partial charge in [0.15, 0.2) is 0 Å². The van der Waals surface area contributed by atoms with E-state index in [9.17, 15) is 4.79 Å². The van der Waals surface area contributed by atoms with Crippen molar-refractivity contribution in [2.24, 2.45) is 5.92 Å². The molecular weight excluding hydrogens is 178 g/mol. The molecule has 14 heavy (non-hydrogen) atoms. The fourth-order valence-electron chi connectivity index (χ4n) is 2.33. The molecule has 1 aromatic rings. The lowest BCUT2D eigenvalue weighted by atomic mass is 9.84. The van der Waals surface area contributed by atoms with E-state index in [1.165, 1.54) is 0 Å². The first-order valence-electron chi connectivity index (χ1n) is 5.14. The van der Waals surface area contributed by atoms with E-state index < -0.39 is 5.97 Å². The van der Waals surface area contributed by atoms with Gasteiger partial charge in [-0.2, -0.15) is 0 Å². The van der Waals surface area contributed by atoms with Gasteiger partial charge in [-0.05, 0) is 25.0 Å². The predicted octanol–water partition coefficient (Wildman–Crippen LogP) is 2.30. The van der Waals surface area contributed by atoms with Crippen molar-refractivity contribution in [3.63, 3.8) is 0 Å². The zero-order valence-corrected chi connectivity index (χ0v) is 8.10. The van der Waals surface area contributed by atoms with E-state index in [4.69, 9.17) is 5.11 Å². The maximum atomic E-state index is 11.0. The number of nitrogens with zero attached hydrogens (tertiary/aromatic N) is 1. The van der Waals surface area contributed by atoms with Gasteiger partial charge >= 0.3 is 5.97 Å². The van der Waals surface area contributed by atoms with Crippen LogP contribution in [0, 0.1) is 5.92 Å². The summed E-state index contributed by atoms with van der Waals surface area (Å²) in [6.45, 7) is 0. The third-order valence-corrected chi connectivity index (χ3v) is 3.06. The maximum absolute atomic E-state index is 11.0. The van der Waals surface area contributed by atoms with Crippen molar-refractivity contribution in [3.8, 4) is 0 Å². The van der Waals surface area contributed by atoms with E-state index in [0.717, 1.165) is 25.7 Å². The van der Waals surface area contributed by atoms with Crippen molar-refractivity contribution < 1.29 is 9.90 Å². The van der Waals surface area contributed by atoms with Gasteiger partial charge in [0.25, 0.3) is 0 Å². The van der Waals surface area contributed by atoms with Crippen molar-refractivity contribution in [2.45, 2.75) is 31.7 Å². The Morgan fingerprint density at radius 2 is 1.86 bits per heavy atom. The molecule has 0 bridgehead atoms. The molecule has 0 radical (unpaired) electrons. The van der Waals surface area contributed by atoms with Gasteiger partial charge in [-0.1, -0.05) is 12.8 Å². The Hall–Kier alpha value is -1.25. The Morgan fingerprint density at radius 3 is 2.50 bits per heavy atom. The first-order chi connectivity index (χ1) is 6.79. The molecule has 1 N–H and O–H groups in total. The highest BCUT2D eigenvalue weighted by molar-refractivity contribution is 5.70. The first-order valence-corrected chi connectivity index (χ1v) is 5.14. The van der Waals surface area contributed by atoms with Crippen LogP contribution in [0.15, 0.2) is 24.5 Å². The van der Waals surface area contributed by atoms with Gasteiger partial charge in [0.2, 0.25) is 0 Å². The van der Waals surface area contributed by atoms with Crippen LogP contribution in [0.4, 0.5) is 0 Å². The number of carboxylic acids is 1. The van der Waals surface area contributed by atoms with Crippen molar-refractivity contribution in [1.82, 2.24) is 4.57 Å². The Labute approximate surface area is 83.4 Å². The van der Waals surface area contributed by atoms with Crippen LogP contribution in [0.5, 0.6) is 0 Å². The van der Waals surface area contributed by atoms with Gasteiger partial charge in [0, 0.05) is 18.4 Å². The van der Waals surface area contributed by atoms with Crippen LogP contribution in [0.1, 0.15) is 31.7 Å². The maximum Gasteiger partial charge on any atom is 0.308 e. The molecule has 3 nitrogen and oxygen atoms in total. The molecule has 0 amide bonds. The van der Waals surface area contributed by atoms with Crippen molar-refractivity contribution in [1.29, 1.82) is 0 Å². The van der Waals surface area contributed by atoms with Crippen LogP contribution in [0.25, 0.3) is 0 Å². The molecule has 76 valence electrons. The normalized spacial score (nSPS) is 27.4. The first kappa shape index (κ1) is 9.31. The average molecular weight is 193 g/mol. The molecule has 1 heterocycles. The third kappa shape index (κ3) is 1.67. The third-order valence-electron chi connectivity index (χ3n) is 3.06. The van der Waals surface area contributed by atoms with E-state index in [1.54, 1.807) is 0 Å². The number of hydrogen-bond donors (Lipinski definition) is 1. The minimum Gasteiger partial charge on any atom is -0.481 e. The average Bonchev–Trinajstić information content (AvgIpc) is 2.70. The highest BCUT2D eigenvalue weighted by Gasteiger charge is 2.31. The molecule has 1 aliphatic rings. The molecule has 0 aromatic carbocycles. The fourth-order valence-corrected chi connectivity index (χ4v) is 2.33. The molecule has 0 spiro atoms. The van der Waals surface area contributed by atoms with Crippen LogP contribution >= 0.6 is 0 Å². The Kier molecular flexibility index (Phi) is 2.57. The Bertz CT molecular complexity index is 305. The Morgan fingerprint density at radius 1 is 1.21 bits per heavy atom. The molecule has 1 fully saturated rings. The summed E-state index contributed by atoms with van der Waals surface area (Å²) in [6.07, 6.45) is 7.93. The quantitative estimate of drug-likeness (QED) is 0.783. The molecule has 3 heteroatoms. The van der Waals surface area contributed by atoms with Gasteiger partial charge in [0.05, 0.1) is 5.92 Å². The summed E-state index contributed by atoms with van der Waals surface area (Å²) < 4.78 is 2.04. The summed E-state index contributed by atoms with van der Waals surface area (Å²) in [5.74, 6) is -0.848. The number of hydrogen-bond acceptors (Lipinski definition) is 1. The van der Waals surface area contributed by atoms with E-state index in [-0.39, 0.29) is 12.0 Å². The lowest BCUT2D eigenvalue weighted by Gasteiger charge is -2.29. The summed E-state index contributed by atoms with van der Waals surface area (Å²) in [4.78, 5) is 11.0.